The molecule has 3 aromatic carbocycles. The molecule has 0 spiro atoms. The molecule has 0 aliphatic heterocycles. The summed E-state index contributed by atoms with van der Waals surface area (Å²) >= 11 is 1.16. The van der Waals surface area contributed by atoms with Crippen LogP contribution in [0.25, 0.3) is 11.0 Å². The smallest absolute Gasteiger partial charge is 0.352 e. The Hall–Kier alpha value is -3.98. The third kappa shape index (κ3) is 5.75. The zero-order valence-electron chi connectivity index (χ0n) is 19.5. The highest BCUT2D eigenvalue weighted by Gasteiger charge is 2.26. The zero-order chi connectivity index (χ0) is 24.8. The molecule has 0 saturated carbocycles. The molecular weight excluding hydrogens is 468 g/mol. The van der Waals surface area contributed by atoms with E-state index in [0.717, 1.165) is 28.3 Å². The topological polar surface area (TPSA) is 96.8 Å². The standard InChI is InChI=1S/C26H24N2O6S/c1-4-32-26(30)25(18-6-8-19(31-3)9-7-18)34-24-14-20(10-11-21(24)16(2)29)33-15-17-5-12-22-23(13-17)28-35-27-22/h5-14,25H,4,15H2,1-3H3. The summed E-state index contributed by atoms with van der Waals surface area (Å²) in [5.74, 6) is 0.582. The van der Waals surface area contributed by atoms with Gasteiger partial charge in [0.15, 0.2) is 5.78 Å². The number of ether oxygens (including phenoxy) is 4. The van der Waals surface area contributed by atoms with Gasteiger partial charge in [-0.25, -0.2) is 4.79 Å². The van der Waals surface area contributed by atoms with Crippen LogP contribution in [-0.4, -0.2) is 34.2 Å². The molecule has 0 aliphatic carbocycles. The van der Waals surface area contributed by atoms with E-state index in [1.807, 2.05) is 18.2 Å². The Balaban J connectivity index is 1.60. The first-order valence-electron chi connectivity index (χ1n) is 10.9. The maximum absolute atomic E-state index is 12.8. The van der Waals surface area contributed by atoms with E-state index < -0.39 is 12.1 Å². The van der Waals surface area contributed by atoms with Crippen LogP contribution in [0.3, 0.4) is 0 Å². The molecular formula is C26H24N2O6S. The van der Waals surface area contributed by atoms with Gasteiger partial charge in [0, 0.05) is 11.6 Å². The van der Waals surface area contributed by atoms with E-state index in [1.165, 1.54) is 6.92 Å². The van der Waals surface area contributed by atoms with Crippen molar-refractivity contribution in [3.05, 3.63) is 77.4 Å². The van der Waals surface area contributed by atoms with E-state index in [-0.39, 0.29) is 24.7 Å². The van der Waals surface area contributed by atoms with Gasteiger partial charge in [-0.3, -0.25) is 4.79 Å². The number of hydrogen-bond donors (Lipinski definition) is 0. The fourth-order valence-corrected chi connectivity index (χ4v) is 3.96. The number of methoxy groups -OCH3 is 1. The van der Waals surface area contributed by atoms with Gasteiger partial charge in [-0.2, -0.15) is 8.75 Å². The summed E-state index contributed by atoms with van der Waals surface area (Å²) in [6.45, 7) is 3.63. The Morgan fingerprint density at radius 1 is 0.943 bits per heavy atom. The minimum absolute atomic E-state index is 0.191. The molecule has 0 N–H and O–H groups in total. The maximum atomic E-state index is 12.8. The molecule has 1 atom stereocenters. The molecule has 0 amide bonds. The Bertz CT molecular complexity index is 1340. The Labute approximate surface area is 206 Å². The summed E-state index contributed by atoms with van der Waals surface area (Å²) in [6, 6.07) is 17.5. The molecule has 4 rings (SSSR count). The highest BCUT2D eigenvalue weighted by atomic mass is 32.1. The van der Waals surface area contributed by atoms with Gasteiger partial charge < -0.3 is 18.9 Å². The Morgan fingerprint density at radius 3 is 2.40 bits per heavy atom. The normalized spacial score (nSPS) is 11.6. The third-order valence-electron chi connectivity index (χ3n) is 5.22. The predicted octanol–water partition coefficient (Wildman–Crippen LogP) is 5.16. The van der Waals surface area contributed by atoms with Crippen molar-refractivity contribution < 1.29 is 28.5 Å². The van der Waals surface area contributed by atoms with Gasteiger partial charge in [-0.05, 0) is 55.8 Å². The van der Waals surface area contributed by atoms with Crippen LogP contribution in [0.5, 0.6) is 17.2 Å². The second-order valence-corrected chi connectivity index (χ2v) is 8.14. The molecule has 35 heavy (non-hydrogen) atoms. The average Bonchev–Trinajstić information content (AvgIpc) is 3.34. The average molecular weight is 493 g/mol. The fourth-order valence-electron chi connectivity index (χ4n) is 3.44. The third-order valence-corrected chi connectivity index (χ3v) is 5.78. The monoisotopic (exact) mass is 492 g/mol. The number of benzene rings is 3. The molecule has 1 aromatic heterocycles. The lowest BCUT2D eigenvalue weighted by Crippen LogP contribution is -2.22. The molecule has 0 aliphatic rings. The van der Waals surface area contributed by atoms with Gasteiger partial charge >= 0.3 is 5.97 Å². The van der Waals surface area contributed by atoms with Crippen LogP contribution in [0.4, 0.5) is 0 Å². The van der Waals surface area contributed by atoms with Crippen LogP contribution < -0.4 is 14.2 Å². The summed E-state index contributed by atoms with van der Waals surface area (Å²) in [7, 11) is 1.56. The van der Waals surface area contributed by atoms with Crippen molar-refractivity contribution >= 4 is 34.5 Å². The number of hydrogen-bond acceptors (Lipinski definition) is 9. The lowest BCUT2D eigenvalue weighted by Gasteiger charge is -2.20. The van der Waals surface area contributed by atoms with E-state index in [1.54, 1.807) is 56.5 Å². The number of Topliss-reactive ketones (excluding diaryl/α,β-unsaturated/α-hetero) is 1. The summed E-state index contributed by atoms with van der Waals surface area (Å²) < 4.78 is 30.9. The molecule has 0 saturated heterocycles. The second kappa shape index (κ2) is 11.0. The van der Waals surface area contributed by atoms with E-state index in [2.05, 4.69) is 8.75 Å². The van der Waals surface area contributed by atoms with Crippen LogP contribution >= 0.6 is 11.7 Å². The van der Waals surface area contributed by atoms with Crippen molar-refractivity contribution in [3.8, 4) is 17.2 Å². The maximum Gasteiger partial charge on any atom is 0.352 e. The highest BCUT2D eigenvalue weighted by Crippen LogP contribution is 2.32. The molecule has 1 heterocycles. The van der Waals surface area contributed by atoms with Crippen molar-refractivity contribution in [1.82, 2.24) is 8.75 Å². The Morgan fingerprint density at radius 2 is 1.69 bits per heavy atom. The summed E-state index contributed by atoms with van der Waals surface area (Å²) in [4.78, 5) is 25.0. The van der Waals surface area contributed by atoms with Crippen molar-refractivity contribution in [2.24, 2.45) is 0 Å². The largest absolute Gasteiger partial charge is 0.497 e. The number of carbonyl (C=O) groups excluding carboxylic acids is 2. The first-order valence-corrected chi connectivity index (χ1v) is 11.7. The van der Waals surface area contributed by atoms with Gasteiger partial charge in [0.05, 0.1) is 31.0 Å². The van der Waals surface area contributed by atoms with Crippen LogP contribution in [0, 0.1) is 0 Å². The molecule has 0 fully saturated rings. The number of rotatable bonds is 10. The molecule has 4 aromatic rings. The van der Waals surface area contributed by atoms with E-state index in [0.29, 0.717) is 22.6 Å². The van der Waals surface area contributed by atoms with Crippen LogP contribution in [0.1, 0.15) is 41.4 Å². The van der Waals surface area contributed by atoms with E-state index in [9.17, 15) is 9.59 Å². The SMILES string of the molecule is CCOC(=O)C(Oc1cc(OCc2ccc3nsnc3c2)ccc1C(C)=O)c1ccc(OC)cc1. The summed E-state index contributed by atoms with van der Waals surface area (Å²) in [5, 5.41) is 0. The molecule has 180 valence electrons. The van der Waals surface area contributed by atoms with Crippen molar-refractivity contribution in [2.45, 2.75) is 26.6 Å². The van der Waals surface area contributed by atoms with Crippen molar-refractivity contribution in [1.29, 1.82) is 0 Å². The van der Waals surface area contributed by atoms with Gasteiger partial charge in [0.25, 0.3) is 0 Å². The van der Waals surface area contributed by atoms with Crippen LogP contribution in [-0.2, 0) is 16.1 Å². The zero-order valence-corrected chi connectivity index (χ0v) is 20.3. The minimum Gasteiger partial charge on any atom is -0.497 e. The van der Waals surface area contributed by atoms with Crippen LogP contribution in [0.15, 0.2) is 60.7 Å². The van der Waals surface area contributed by atoms with Crippen molar-refractivity contribution in [3.63, 3.8) is 0 Å². The molecule has 0 bridgehead atoms. The molecule has 9 heteroatoms. The van der Waals surface area contributed by atoms with Crippen molar-refractivity contribution in [2.75, 3.05) is 13.7 Å². The van der Waals surface area contributed by atoms with Crippen LogP contribution in [0.2, 0.25) is 0 Å². The van der Waals surface area contributed by atoms with Gasteiger partial charge in [-0.1, -0.05) is 18.2 Å². The lowest BCUT2D eigenvalue weighted by atomic mass is 10.1. The predicted molar refractivity (Wildman–Crippen MR) is 131 cm³/mol. The van der Waals surface area contributed by atoms with Gasteiger partial charge in [0.2, 0.25) is 6.10 Å². The fraction of sp³-hybridized carbons (Fsp3) is 0.231. The first kappa shape index (κ1) is 24.2. The molecule has 1 unspecified atom stereocenters. The summed E-state index contributed by atoms with van der Waals surface area (Å²) in [5.41, 5.74) is 3.46. The number of nitrogens with zero attached hydrogens (tertiary/aromatic N) is 2. The number of aromatic nitrogens is 2. The lowest BCUT2D eigenvalue weighted by molar-refractivity contribution is -0.151. The van der Waals surface area contributed by atoms with E-state index >= 15 is 0 Å². The second-order valence-electron chi connectivity index (χ2n) is 7.61. The number of esters is 1. The number of ketones is 1. The first-order chi connectivity index (χ1) is 17.0. The minimum atomic E-state index is -1.08. The summed E-state index contributed by atoms with van der Waals surface area (Å²) in [6.07, 6.45) is -1.08. The molecule has 0 radical (unpaired) electrons. The molecule has 8 nitrogen and oxygen atoms in total. The number of fused-ring (bicyclic) bond motifs is 1. The van der Waals surface area contributed by atoms with E-state index in [4.69, 9.17) is 18.9 Å². The highest BCUT2D eigenvalue weighted by molar-refractivity contribution is 7.00. The Kier molecular flexibility index (Phi) is 7.57. The quantitative estimate of drug-likeness (QED) is 0.221. The van der Waals surface area contributed by atoms with Gasteiger partial charge in [-0.15, -0.1) is 0 Å². The van der Waals surface area contributed by atoms with Gasteiger partial charge in [0.1, 0.15) is 34.9 Å². The number of carbonyl (C=O) groups is 2.